The molecule has 6 nitrogen and oxygen atoms in total. The minimum Gasteiger partial charge on any atom is -0.342 e. The monoisotopic (exact) mass is 408 g/mol. The van der Waals surface area contributed by atoms with Crippen LogP contribution in [-0.4, -0.2) is 49.0 Å². The summed E-state index contributed by atoms with van der Waals surface area (Å²) in [5.74, 6) is 12.1. The van der Waals surface area contributed by atoms with Crippen molar-refractivity contribution >= 4 is 0 Å². The zero-order valence-electron chi connectivity index (χ0n) is 18.0. The quantitative estimate of drug-likeness (QED) is 0.466. The van der Waals surface area contributed by atoms with Gasteiger partial charge in [0.1, 0.15) is 0 Å². The van der Waals surface area contributed by atoms with Crippen molar-refractivity contribution in [1.82, 2.24) is 9.97 Å². The second-order valence-electron chi connectivity index (χ2n) is 5.88. The second kappa shape index (κ2) is 13.5. The highest BCUT2D eigenvalue weighted by molar-refractivity contribution is 5.59. The van der Waals surface area contributed by atoms with E-state index in [-0.39, 0.29) is 0 Å². The van der Waals surface area contributed by atoms with Crippen LogP contribution >= 0.6 is 0 Å². The Labute approximate surface area is 178 Å². The van der Waals surface area contributed by atoms with Gasteiger partial charge in [-0.2, -0.15) is 0 Å². The fourth-order valence-corrected chi connectivity index (χ4v) is 2.45. The lowest BCUT2D eigenvalue weighted by molar-refractivity contribution is -0.0972. The molecule has 0 atom stereocenters. The molecule has 0 saturated carbocycles. The molecule has 0 spiro atoms. The van der Waals surface area contributed by atoms with Crippen LogP contribution in [0.3, 0.4) is 0 Å². The summed E-state index contributed by atoms with van der Waals surface area (Å²) in [5, 5.41) is 0. The normalized spacial score (nSPS) is 10.5. The van der Waals surface area contributed by atoms with Crippen LogP contribution in [0.4, 0.5) is 0 Å². The fraction of sp³-hybridized carbons (Fsp3) is 0.417. The summed E-state index contributed by atoms with van der Waals surface area (Å²) in [6.45, 7) is 9.77. The van der Waals surface area contributed by atoms with E-state index in [1.807, 2.05) is 52.0 Å². The van der Waals surface area contributed by atoms with E-state index in [1.165, 1.54) is 0 Å². The lowest BCUT2D eigenvalue weighted by Gasteiger charge is -2.09. The molecule has 0 N–H and O–H groups in total. The van der Waals surface area contributed by atoms with Crippen LogP contribution in [0.5, 0.6) is 0 Å². The molecule has 0 aliphatic heterocycles. The Morgan fingerprint density at radius 3 is 1.37 bits per heavy atom. The van der Waals surface area contributed by atoms with Gasteiger partial charge in [0.2, 0.25) is 12.6 Å². The van der Waals surface area contributed by atoms with E-state index in [0.29, 0.717) is 37.8 Å². The Hall–Kier alpha value is -2.74. The number of rotatable bonds is 9. The first-order chi connectivity index (χ1) is 14.7. The molecule has 158 valence electrons. The minimum atomic E-state index is -0.544. The maximum Gasteiger partial charge on any atom is 0.222 e. The maximum atomic E-state index is 5.46. The van der Waals surface area contributed by atoms with Gasteiger partial charge < -0.3 is 18.9 Å². The fourth-order valence-electron chi connectivity index (χ4n) is 2.45. The molecule has 2 heterocycles. The highest BCUT2D eigenvalue weighted by atomic mass is 16.7. The van der Waals surface area contributed by atoms with Crippen molar-refractivity contribution in [3.63, 3.8) is 0 Å². The Balaban J connectivity index is 2.21. The van der Waals surface area contributed by atoms with Crippen LogP contribution < -0.4 is 0 Å². The van der Waals surface area contributed by atoms with Crippen molar-refractivity contribution in [2.24, 2.45) is 0 Å². The molecule has 2 rings (SSSR count). The second-order valence-corrected chi connectivity index (χ2v) is 5.88. The van der Waals surface area contributed by atoms with Gasteiger partial charge in [0.05, 0.1) is 11.4 Å². The molecule has 0 saturated heterocycles. The standard InChI is InChI=1S/C24H28N2O4/c1-5-27-23(28-6-2)11-9-19-13-15-25-21(17-19)22-18-20(14-16-26-22)10-12-24(29-7-3)30-8-4/h13-18,23-24H,5-8H2,1-4H3. The largest absolute Gasteiger partial charge is 0.342 e. The van der Waals surface area contributed by atoms with Gasteiger partial charge in [-0.05, 0) is 63.8 Å². The molecular formula is C24H28N2O4. The van der Waals surface area contributed by atoms with Crippen molar-refractivity contribution < 1.29 is 18.9 Å². The van der Waals surface area contributed by atoms with E-state index in [0.717, 1.165) is 11.1 Å². The van der Waals surface area contributed by atoms with E-state index in [9.17, 15) is 0 Å². The maximum absolute atomic E-state index is 5.46. The summed E-state index contributed by atoms with van der Waals surface area (Å²) < 4.78 is 21.8. The average molecular weight is 408 g/mol. The van der Waals surface area contributed by atoms with Gasteiger partial charge >= 0.3 is 0 Å². The van der Waals surface area contributed by atoms with Gasteiger partial charge in [0, 0.05) is 49.9 Å². The molecule has 2 aromatic rings. The third-order valence-electron chi connectivity index (χ3n) is 3.72. The predicted octanol–water partition coefficient (Wildman–Crippen LogP) is 3.64. The molecule has 0 aliphatic rings. The first-order valence-electron chi connectivity index (χ1n) is 10.1. The first kappa shape index (κ1) is 23.5. The Kier molecular flexibility index (Phi) is 10.6. The summed E-state index contributed by atoms with van der Waals surface area (Å²) in [6.07, 6.45) is 2.32. The van der Waals surface area contributed by atoms with Crippen molar-refractivity contribution in [2.45, 2.75) is 40.3 Å². The molecule has 0 radical (unpaired) electrons. The van der Waals surface area contributed by atoms with Crippen LogP contribution in [0.25, 0.3) is 11.4 Å². The molecule has 0 aromatic carbocycles. The van der Waals surface area contributed by atoms with Gasteiger partial charge in [-0.25, -0.2) is 0 Å². The van der Waals surface area contributed by atoms with E-state index in [2.05, 4.69) is 33.6 Å². The van der Waals surface area contributed by atoms with Crippen molar-refractivity contribution in [2.75, 3.05) is 26.4 Å². The number of aromatic nitrogens is 2. The average Bonchev–Trinajstić information content (AvgIpc) is 2.77. The topological polar surface area (TPSA) is 62.7 Å². The molecule has 0 aliphatic carbocycles. The Bertz CT molecular complexity index is 821. The third kappa shape index (κ3) is 7.94. The van der Waals surface area contributed by atoms with Crippen LogP contribution in [-0.2, 0) is 18.9 Å². The zero-order valence-corrected chi connectivity index (χ0v) is 18.0. The van der Waals surface area contributed by atoms with Crippen molar-refractivity contribution in [3.8, 4) is 35.1 Å². The summed E-state index contributed by atoms with van der Waals surface area (Å²) in [5.41, 5.74) is 3.02. The SMILES string of the molecule is CCOC(C#Cc1ccnc(-c2cc(C#CC(OCC)OCC)ccn2)c1)OCC. The summed E-state index contributed by atoms with van der Waals surface area (Å²) >= 11 is 0. The predicted molar refractivity (Wildman–Crippen MR) is 115 cm³/mol. The lowest BCUT2D eigenvalue weighted by atomic mass is 10.1. The van der Waals surface area contributed by atoms with E-state index in [1.54, 1.807) is 12.4 Å². The molecule has 0 bridgehead atoms. The Morgan fingerprint density at radius 1 is 0.667 bits per heavy atom. The summed E-state index contributed by atoms with van der Waals surface area (Å²) in [7, 11) is 0. The van der Waals surface area contributed by atoms with Gasteiger partial charge in [-0.15, -0.1) is 0 Å². The molecule has 0 fully saturated rings. The summed E-state index contributed by atoms with van der Waals surface area (Å²) in [6, 6.07) is 7.43. The molecule has 6 heteroatoms. The van der Waals surface area contributed by atoms with Crippen molar-refractivity contribution in [3.05, 3.63) is 47.8 Å². The highest BCUT2D eigenvalue weighted by Gasteiger charge is 2.05. The van der Waals surface area contributed by atoms with Gasteiger partial charge in [0.25, 0.3) is 0 Å². The van der Waals surface area contributed by atoms with Crippen LogP contribution in [0.1, 0.15) is 38.8 Å². The Morgan fingerprint density at radius 2 is 1.03 bits per heavy atom. The van der Waals surface area contributed by atoms with E-state index >= 15 is 0 Å². The van der Waals surface area contributed by atoms with Crippen molar-refractivity contribution in [1.29, 1.82) is 0 Å². The zero-order chi connectivity index (χ0) is 21.6. The summed E-state index contributed by atoms with van der Waals surface area (Å²) in [4.78, 5) is 8.83. The molecule has 30 heavy (non-hydrogen) atoms. The van der Waals surface area contributed by atoms with Crippen LogP contribution in [0, 0.1) is 23.7 Å². The first-order valence-corrected chi connectivity index (χ1v) is 10.1. The smallest absolute Gasteiger partial charge is 0.222 e. The van der Waals surface area contributed by atoms with E-state index < -0.39 is 12.6 Å². The number of pyridine rings is 2. The molecular weight excluding hydrogens is 380 g/mol. The van der Waals surface area contributed by atoms with Gasteiger partial charge in [-0.3, -0.25) is 9.97 Å². The van der Waals surface area contributed by atoms with Crippen LogP contribution in [0.15, 0.2) is 36.7 Å². The third-order valence-corrected chi connectivity index (χ3v) is 3.72. The number of ether oxygens (including phenoxy) is 4. The lowest BCUT2D eigenvalue weighted by Crippen LogP contribution is -2.14. The van der Waals surface area contributed by atoms with E-state index in [4.69, 9.17) is 18.9 Å². The molecule has 2 aromatic heterocycles. The van der Waals surface area contributed by atoms with Gasteiger partial charge in [0.15, 0.2) is 0 Å². The molecule has 0 amide bonds. The van der Waals surface area contributed by atoms with Gasteiger partial charge in [-0.1, -0.05) is 11.8 Å². The number of nitrogens with zero attached hydrogens (tertiary/aromatic N) is 2. The number of hydrogen-bond donors (Lipinski definition) is 0. The highest BCUT2D eigenvalue weighted by Crippen LogP contribution is 2.16. The minimum absolute atomic E-state index is 0.534. The number of hydrogen-bond acceptors (Lipinski definition) is 6. The van der Waals surface area contributed by atoms with Crippen LogP contribution in [0.2, 0.25) is 0 Å². The molecule has 0 unspecified atom stereocenters.